The van der Waals surface area contributed by atoms with E-state index >= 15 is 0 Å². The van der Waals surface area contributed by atoms with E-state index in [0.29, 0.717) is 23.1 Å². The molecule has 0 unspecified atom stereocenters. The van der Waals surface area contributed by atoms with Gasteiger partial charge in [0.15, 0.2) is 5.78 Å². The Kier molecular flexibility index (Phi) is 3.79. The van der Waals surface area contributed by atoms with Gasteiger partial charge < -0.3 is 5.73 Å². The number of nitro groups is 1. The van der Waals surface area contributed by atoms with Crippen molar-refractivity contribution < 1.29 is 9.72 Å². The van der Waals surface area contributed by atoms with Crippen molar-refractivity contribution >= 4 is 17.2 Å². The monoisotopic (exact) mass is 270 g/mol. The number of anilines is 1. The van der Waals surface area contributed by atoms with Crippen molar-refractivity contribution in [3.63, 3.8) is 0 Å². The molecule has 0 aliphatic heterocycles. The Morgan fingerprint density at radius 3 is 2.45 bits per heavy atom. The van der Waals surface area contributed by atoms with Crippen LogP contribution in [0.3, 0.4) is 0 Å². The zero-order chi connectivity index (χ0) is 14.7. The Hall–Kier alpha value is -2.69. The molecule has 0 heterocycles. The topological polar surface area (TPSA) is 86.2 Å². The molecule has 0 aliphatic rings. The van der Waals surface area contributed by atoms with E-state index in [4.69, 9.17) is 5.73 Å². The van der Waals surface area contributed by atoms with Gasteiger partial charge in [-0.1, -0.05) is 37.3 Å². The molecule has 0 aliphatic carbocycles. The first-order valence-corrected chi connectivity index (χ1v) is 6.21. The number of benzene rings is 2. The average molecular weight is 270 g/mol. The third kappa shape index (κ3) is 2.51. The number of nitrogens with zero attached hydrogens (tertiary/aromatic N) is 1. The van der Waals surface area contributed by atoms with Crippen molar-refractivity contribution in [2.75, 3.05) is 5.73 Å². The quantitative estimate of drug-likeness (QED) is 0.400. The van der Waals surface area contributed by atoms with Crippen LogP contribution in [0.1, 0.15) is 28.4 Å². The number of non-ortho nitro benzene ring substituents is 1. The molecule has 0 saturated heterocycles. The van der Waals surface area contributed by atoms with E-state index in [1.165, 1.54) is 12.1 Å². The van der Waals surface area contributed by atoms with Gasteiger partial charge in [-0.05, 0) is 12.0 Å². The highest BCUT2D eigenvalue weighted by atomic mass is 16.6. The molecule has 0 amide bonds. The summed E-state index contributed by atoms with van der Waals surface area (Å²) < 4.78 is 0. The normalized spacial score (nSPS) is 10.2. The number of nitro benzene ring substituents is 1. The van der Waals surface area contributed by atoms with Crippen LogP contribution in [0.25, 0.3) is 0 Å². The van der Waals surface area contributed by atoms with Gasteiger partial charge in [0.1, 0.15) is 0 Å². The molecule has 0 spiro atoms. The molecule has 2 rings (SSSR count). The molecule has 20 heavy (non-hydrogen) atoms. The van der Waals surface area contributed by atoms with Crippen molar-refractivity contribution in [3.8, 4) is 0 Å². The summed E-state index contributed by atoms with van der Waals surface area (Å²) in [6.45, 7) is 1.86. The molecule has 0 radical (unpaired) electrons. The Bertz CT molecular complexity index is 666. The van der Waals surface area contributed by atoms with Crippen molar-refractivity contribution in [2.24, 2.45) is 0 Å². The van der Waals surface area contributed by atoms with Crippen LogP contribution in [0.5, 0.6) is 0 Å². The van der Waals surface area contributed by atoms with Gasteiger partial charge >= 0.3 is 0 Å². The smallest absolute Gasteiger partial charge is 0.272 e. The fourth-order valence-corrected chi connectivity index (χ4v) is 2.13. The molecule has 0 aromatic heterocycles. The number of nitrogens with two attached hydrogens (primary N) is 1. The highest BCUT2D eigenvalue weighted by molar-refractivity contribution is 6.11. The molecule has 2 aromatic rings. The van der Waals surface area contributed by atoms with E-state index in [1.807, 2.05) is 6.92 Å². The number of hydrogen-bond donors (Lipinski definition) is 1. The van der Waals surface area contributed by atoms with Crippen LogP contribution < -0.4 is 5.73 Å². The standard InChI is InChI=1S/C15H14N2O3/c1-2-12-13(8-11(17(19)20)9-14(12)16)15(18)10-6-4-3-5-7-10/h3-9H,2,16H2,1H3. The predicted molar refractivity (Wildman–Crippen MR) is 76.8 cm³/mol. The Morgan fingerprint density at radius 1 is 1.25 bits per heavy atom. The van der Waals surface area contributed by atoms with Crippen LogP contribution in [-0.2, 0) is 6.42 Å². The molecule has 5 nitrogen and oxygen atoms in total. The average Bonchev–Trinajstić information content (AvgIpc) is 2.46. The minimum Gasteiger partial charge on any atom is -0.398 e. The molecule has 2 aromatic carbocycles. The summed E-state index contributed by atoms with van der Waals surface area (Å²) in [7, 11) is 0. The van der Waals surface area contributed by atoms with Crippen LogP contribution >= 0.6 is 0 Å². The first-order valence-electron chi connectivity index (χ1n) is 6.21. The molecule has 102 valence electrons. The van der Waals surface area contributed by atoms with Gasteiger partial charge in [-0.25, -0.2) is 0 Å². The van der Waals surface area contributed by atoms with Gasteiger partial charge in [-0.15, -0.1) is 0 Å². The predicted octanol–water partition coefficient (Wildman–Crippen LogP) is 2.97. The summed E-state index contributed by atoms with van der Waals surface area (Å²) in [5.41, 5.74) is 7.37. The van der Waals surface area contributed by atoms with E-state index < -0.39 is 4.92 Å². The van der Waals surface area contributed by atoms with Crippen molar-refractivity contribution in [3.05, 3.63) is 69.3 Å². The fraction of sp³-hybridized carbons (Fsp3) is 0.133. The lowest BCUT2D eigenvalue weighted by molar-refractivity contribution is -0.384. The summed E-state index contributed by atoms with van der Waals surface area (Å²) in [6.07, 6.45) is 0.539. The fourth-order valence-electron chi connectivity index (χ4n) is 2.13. The summed E-state index contributed by atoms with van der Waals surface area (Å²) in [6, 6.07) is 11.2. The largest absolute Gasteiger partial charge is 0.398 e. The van der Waals surface area contributed by atoms with E-state index in [9.17, 15) is 14.9 Å². The molecule has 0 saturated carbocycles. The summed E-state index contributed by atoms with van der Waals surface area (Å²) >= 11 is 0. The van der Waals surface area contributed by atoms with Gasteiger partial charge in [0.25, 0.3) is 5.69 Å². The molecular formula is C15H14N2O3. The Morgan fingerprint density at radius 2 is 1.90 bits per heavy atom. The highest BCUT2D eigenvalue weighted by Crippen LogP contribution is 2.27. The number of carbonyl (C=O) groups is 1. The number of nitrogen functional groups attached to an aromatic ring is 1. The molecule has 5 heteroatoms. The van der Waals surface area contributed by atoms with Crippen LogP contribution in [0.2, 0.25) is 0 Å². The summed E-state index contributed by atoms with van der Waals surface area (Å²) in [4.78, 5) is 22.8. The zero-order valence-electron chi connectivity index (χ0n) is 11.0. The molecule has 0 bridgehead atoms. The van der Waals surface area contributed by atoms with E-state index in [1.54, 1.807) is 30.3 Å². The Labute approximate surface area is 116 Å². The second kappa shape index (κ2) is 5.52. The third-order valence-electron chi connectivity index (χ3n) is 3.11. The minimum absolute atomic E-state index is 0.168. The third-order valence-corrected chi connectivity index (χ3v) is 3.11. The van der Waals surface area contributed by atoms with E-state index in [0.717, 1.165) is 0 Å². The van der Waals surface area contributed by atoms with Crippen molar-refractivity contribution in [1.29, 1.82) is 0 Å². The van der Waals surface area contributed by atoms with Gasteiger partial charge in [0, 0.05) is 28.9 Å². The maximum absolute atomic E-state index is 12.5. The van der Waals surface area contributed by atoms with Gasteiger partial charge in [0.05, 0.1) is 4.92 Å². The summed E-state index contributed by atoms with van der Waals surface area (Å²) in [5.74, 6) is -0.252. The highest BCUT2D eigenvalue weighted by Gasteiger charge is 2.19. The number of rotatable bonds is 4. The zero-order valence-corrected chi connectivity index (χ0v) is 11.0. The molecule has 2 N–H and O–H groups in total. The second-order valence-corrected chi connectivity index (χ2v) is 4.37. The second-order valence-electron chi connectivity index (χ2n) is 4.37. The Balaban J connectivity index is 2.60. The first-order chi connectivity index (χ1) is 9.54. The van der Waals surface area contributed by atoms with Crippen molar-refractivity contribution in [1.82, 2.24) is 0 Å². The SMILES string of the molecule is CCc1c(N)cc([N+](=O)[O-])cc1C(=O)c1ccccc1. The first kappa shape index (κ1) is 13.7. The summed E-state index contributed by atoms with van der Waals surface area (Å²) in [5, 5.41) is 10.9. The lowest BCUT2D eigenvalue weighted by atomic mass is 9.95. The van der Waals surface area contributed by atoms with Crippen molar-refractivity contribution in [2.45, 2.75) is 13.3 Å². The lowest BCUT2D eigenvalue weighted by Crippen LogP contribution is -2.08. The van der Waals surface area contributed by atoms with E-state index in [2.05, 4.69) is 0 Å². The van der Waals surface area contributed by atoms with E-state index in [-0.39, 0.29) is 17.2 Å². The van der Waals surface area contributed by atoms with Gasteiger partial charge in [0.2, 0.25) is 0 Å². The van der Waals surface area contributed by atoms with Gasteiger partial charge in [-0.3, -0.25) is 14.9 Å². The van der Waals surface area contributed by atoms with Crippen LogP contribution in [0.15, 0.2) is 42.5 Å². The number of carbonyl (C=O) groups excluding carboxylic acids is 1. The molecule has 0 fully saturated rings. The molecule has 0 atom stereocenters. The van der Waals surface area contributed by atoms with Crippen LogP contribution in [0.4, 0.5) is 11.4 Å². The maximum Gasteiger partial charge on any atom is 0.272 e. The maximum atomic E-state index is 12.5. The van der Waals surface area contributed by atoms with Crippen LogP contribution in [-0.4, -0.2) is 10.7 Å². The van der Waals surface area contributed by atoms with Gasteiger partial charge in [-0.2, -0.15) is 0 Å². The van der Waals surface area contributed by atoms with Crippen LogP contribution in [0, 0.1) is 10.1 Å². The number of ketones is 1. The minimum atomic E-state index is -0.544. The number of hydrogen-bond acceptors (Lipinski definition) is 4. The lowest BCUT2D eigenvalue weighted by Gasteiger charge is -2.10. The molecular weight excluding hydrogens is 256 g/mol.